The van der Waals surface area contributed by atoms with Gasteiger partial charge < -0.3 is 9.47 Å². The largest absolute Gasteiger partial charge is 0.329 e. The summed E-state index contributed by atoms with van der Waals surface area (Å²) in [5, 5.41) is 3.49. The third-order valence-electron chi connectivity index (χ3n) is 3.59. The number of hydrogen-bond donors (Lipinski definition) is 0. The van der Waals surface area contributed by atoms with Crippen LogP contribution in [0.4, 0.5) is 5.82 Å². The van der Waals surface area contributed by atoms with E-state index in [0.29, 0.717) is 0 Å². The van der Waals surface area contributed by atoms with Gasteiger partial charge >= 0.3 is 0 Å². The molecule has 0 fully saturated rings. The second kappa shape index (κ2) is 3.96. The fourth-order valence-corrected chi connectivity index (χ4v) is 3.41. The number of thiophene rings is 1. The average molecular weight is 267 g/mol. The molecule has 0 aromatic carbocycles. The van der Waals surface area contributed by atoms with E-state index in [0.717, 1.165) is 12.1 Å². The first-order valence-electron chi connectivity index (χ1n) is 6.25. The number of pyridine rings is 1. The zero-order valence-electron chi connectivity index (χ0n) is 10.6. The third-order valence-corrected chi connectivity index (χ3v) is 4.46. The summed E-state index contributed by atoms with van der Waals surface area (Å²) in [5.41, 5.74) is 2.22. The Morgan fingerprint density at radius 2 is 2.26 bits per heavy atom. The van der Waals surface area contributed by atoms with Crippen LogP contribution in [0.1, 0.15) is 0 Å². The van der Waals surface area contributed by atoms with E-state index >= 15 is 0 Å². The van der Waals surface area contributed by atoms with Gasteiger partial charge in [-0.2, -0.15) is 0 Å². The van der Waals surface area contributed by atoms with E-state index in [4.69, 9.17) is 0 Å². The van der Waals surface area contributed by atoms with Crippen LogP contribution in [0.3, 0.4) is 0 Å². The van der Waals surface area contributed by atoms with E-state index in [9.17, 15) is 0 Å². The summed E-state index contributed by atoms with van der Waals surface area (Å²) in [6.45, 7) is 0.911. The first kappa shape index (κ1) is 10.8. The molecular formula is C15H13N3S. The highest BCUT2D eigenvalue weighted by Crippen LogP contribution is 2.24. The molecule has 4 rings (SSSR count). The fourth-order valence-electron chi connectivity index (χ4n) is 2.58. The molecule has 1 aliphatic rings. The van der Waals surface area contributed by atoms with Crippen molar-refractivity contribution < 1.29 is 0 Å². The molecule has 94 valence electrons. The Balaban J connectivity index is 1.90. The molecule has 19 heavy (non-hydrogen) atoms. The molecule has 0 saturated heterocycles. The fraction of sp³-hybridized carbons (Fsp3) is 0.133. The Labute approximate surface area is 114 Å². The van der Waals surface area contributed by atoms with Crippen LogP contribution >= 0.6 is 11.3 Å². The Hall–Kier alpha value is -2.07. The van der Waals surface area contributed by atoms with E-state index in [-0.39, 0.29) is 0 Å². The molecule has 1 aliphatic heterocycles. The Bertz CT molecular complexity index is 872. The molecule has 4 heterocycles. The molecule has 0 atom stereocenters. The molecule has 0 spiro atoms. The molecule has 4 heteroatoms. The highest BCUT2D eigenvalue weighted by atomic mass is 32.1. The predicted octanol–water partition coefficient (Wildman–Crippen LogP) is 1.67. The highest BCUT2D eigenvalue weighted by molar-refractivity contribution is 7.07. The second-order valence-electron chi connectivity index (χ2n) is 4.70. The zero-order chi connectivity index (χ0) is 12.8. The van der Waals surface area contributed by atoms with Crippen LogP contribution in [0.2, 0.25) is 0 Å². The maximum absolute atomic E-state index is 4.42. The SMILES string of the molecule is Cn1c(N2C=c3sccc3=CC2)cc2ncccc21. The summed E-state index contributed by atoms with van der Waals surface area (Å²) < 4.78 is 3.52. The summed E-state index contributed by atoms with van der Waals surface area (Å²) in [4.78, 5) is 6.70. The van der Waals surface area contributed by atoms with Crippen LogP contribution in [0.25, 0.3) is 23.3 Å². The summed E-state index contributed by atoms with van der Waals surface area (Å²) >= 11 is 1.78. The lowest BCUT2D eigenvalue weighted by Gasteiger charge is -2.20. The Morgan fingerprint density at radius 3 is 3.16 bits per heavy atom. The second-order valence-corrected chi connectivity index (χ2v) is 5.64. The molecule has 0 aliphatic carbocycles. The van der Waals surface area contributed by atoms with Gasteiger partial charge in [0.2, 0.25) is 0 Å². The minimum atomic E-state index is 0.911. The average Bonchev–Trinajstić information content (AvgIpc) is 3.03. The minimum absolute atomic E-state index is 0.911. The van der Waals surface area contributed by atoms with Gasteiger partial charge in [0.05, 0.1) is 15.6 Å². The smallest absolute Gasteiger partial charge is 0.115 e. The Kier molecular flexibility index (Phi) is 2.26. The van der Waals surface area contributed by atoms with Crippen molar-refractivity contribution >= 4 is 40.5 Å². The molecule has 0 radical (unpaired) electrons. The van der Waals surface area contributed by atoms with Gasteiger partial charge in [-0.3, -0.25) is 4.98 Å². The molecule has 0 bridgehead atoms. The number of aromatic nitrogens is 2. The first-order valence-corrected chi connectivity index (χ1v) is 7.13. The van der Waals surface area contributed by atoms with Gasteiger partial charge in [-0.25, -0.2) is 0 Å². The number of anilines is 1. The van der Waals surface area contributed by atoms with Crippen molar-refractivity contribution in [2.75, 3.05) is 11.4 Å². The van der Waals surface area contributed by atoms with Gasteiger partial charge in [0.1, 0.15) is 5.82 Å². The number of hydrogen-bond acceptors (Lipinski definition) is 3. The Morgan fingerprint density at radius 1 is 1.32 bits per heavy atom. The number of nitrogens with zero attached hydrogens (tertiary/aromatic N) is 3. The molecule has 0 amide bonds. The van der Waals surface area contributed by atoms with Gasteiger partial charge in [0.25, 0.3) is 0 Å². The molecule has 0 N–H and O–H groups in total. The lowest BCUT2D eigenvalue weighted by Crippen LogP contribution is -2.32. The summed E-state index contributed by atoms with van der Waals surface area (Å²) in [5.74, 6) is 1.18. The van der Waals surface area contributed by atoms with Gasteiger partial charge in [-0.05, 0) is 28.8 Å². The number of fused-ring (bicyclic) bond motifs is 2. The van der Waals surface area contributed by atoms with Crippen LogP contribution in [0.15, 0.2) is 35.8 Å². The van der Waals surface area contributed by atoms with Crippen LogP contribution < -0.4 is 14.7 Å². The molecule has 3 aromatic heterocycles. The van der Waals surface area contributed by atoms with Crippen LogP contribution in [0.5, 0.6) is 0 Å². The molecule has 3 nitrogen and oxygen atoms in total. The molecule has 0 saturated carbocycles. The molecule has 0 unspecified atom stereocenters. The van der Waals surface area contributed by atoms with Crippen molar-refractivity contribution in [3.8, 4) is 0 Å². The quantitative estimate of drug-likeness (QED) is 0.669. The predicted molar refractivity (Wildman–Crippen MR) is 80.6 cm³/mol. The highest BCUT2D eigenvalue weighted by Gasteiger charge is 2.12. The van der Waals surface area contributed by atoms with Crippen LogP contribution in [-0.4, -0.2) is 16.1 Å². The van der Waals surface area contributed by atoms with Crippen LogP contribution in [-0.2, 0) is 7.05 Å². The van der Waals surface area contributed by atoms with E-state index in [1.807, 2.05) is 12.3 Å². The number of aryl methyl sites for hydroxylation is 1. The topological polar surface area (TPSA) is 21.1 Å². The van der Waals surface area contributed by atoms with Gasteiger partial charge in [-0.15, -0.1) is 11.3 Å². The molecule has 3 aromatic rings. The monoisotopic (exact) mass is 267 g/mol. The van der Waals surface area contributed by atoms with E-state index in [1.165, 1.54) is 21.1 Å². The van der Waals surface area contributed by atoms with Gasteiger partial charge in [0.15, 0.2) is 0 Å². The normalized spacial score (nSPS) is 14.1. The van der Waals surface area contributed by atoms with Crippen molar-refractivity contribution in [3.05, 3.63) is 45.6 Å². The standard InChI is InChI=1S/C15H13N3S/c1-17-13-3-2-6-16-12(13)9-15(17)18-7-4-11-5-8-19-14(11)10-18/h2-6,8-10H,7H2,1H3. The van der Waals surface area contributed by atoms with Crippen molar-refractivity contribution in [1.82, 2.24) is 9.55 Å². The maximum Gasteiger partial charge on any atom is 0.115 e. The van der Waals surface area contributed by atoms with Crippen LogP contribution in [0, 0.1) is 0 Å². The summed E-state index contributed by atoms with van der Waals surface area (Å²) in [7, 11) is 2.09. The number of rotatable bonds is 1. The van der Waals surface area contributed by atoms with Gasteiger partial charge in [-0.1, -0.05) is 6.08 Å². The minimum Gasteiger partial charge on any atom is -0.329 e. The zero-order valence-corrected chi connectivity index (χ0v) is 11.4. The summed E-state index contributed by atoms with van der Waals surface area (Å²) in [6, 6.07) is 8.42. The van der Waals surface area contributed by atoms with Crippen molar-refractivity contribution in [3.63, 3.8) is 0 Å². The van der Waals surface area contributed by atoms with Crippen molar-refractivity contribution in [2.24, 2.45) is 7.05 Å². The first-order chi connectivity index (χ1) is 9.33. The van der Waals surface area contributed by atoms with E-state index < -0.39 is 0 Å². The maximum atomic E-state index is 4.42. The van der Waals surface area contributed by atoms with Crippen molar-refractivity contribution in [1.29, 1.82) is 0 Å². The van der Waals surface area contributed by atoms with E-state index in [1.54, 1.807) is 11.3 Å². The van der Waals surface area contributed by atoms with Crippen molar-refractivity contribution in [2.45, 2.75) is 0 Å². The third kappa shape index (κ3) is 1.60. The lowest BCUT2D eigenvalue weighted by atomic mass is 10.3. The lowest BCUT2D eigenvalue weighted by molar-refractivity contribution is 0.927. The summed E-state index contributed by atoms with van der Waals surface area (Å²) in [6.07, 6.45) is 6.35. The van der Waals surface area contributed by atoms with Gasteiger partial charge in [0, 0.05) is 32.1 Å². The molecular weight excluding hydrogens is 254 g/mol. The van der Waals surface area contributed by atoms with E-state index in [2.05, 4.69) is 57.4 Å².